The molecule has 133 heavy (non-hydrogen) atoms. The van der Waals surface area contributed by atoms with Crippen molar-refractivity contribution in [2.24, 2.45) is 5.11 Å². The highest BCUT2D eigenvalue weighted by Crippen LogP contribution is 2.42. The maximum Gasteiger partial charge on any atom is 0.397 e. The zero-order valence-corrected chi connectivity index (χ0v) is 73.6. The first-order valence-electron chi connectivity index (χ1n) is 40.5. The first-order chi connectivity index (χ1) is 63.4. The Kier molecular flexibility index (Phi) is 39.3. The number of benzene rings is 4. The van der Waals surface area contributed by atoms with Crippen LogP contribution in [0.25, 0.3) is 10.4 Å². The van der Waals surface area contributed by atoms with Gasteiger partial charge in [-0.2, -0.15) is 25.3 Å². The van der Waals surface area contributed by atoms with Gasteiger partial charge >= 0.3 is 31.2 Å². The van der Waals surface area contributed by atoms with E-state index in [1.807, 2.05) is 0 Å². The van der Waals surface area contributed by atoms with E-state index in [1.54, 1.807) is 30.7 Å². The summed E-state index contributed by atoms with van der Waals surface area (Å²) in [6.07, 6.45) is -13.1. The van der Waals surface area contributed by atoms with E-state index in [2.05, 4.69) is 85.4 Å². The molecule has 3 saturated heterocycles. The molecule has 0 spiro atoms. The van der Waals surface area contributed by atoms with Crippen molar-refractivity contribution in [3.05, 3.63) is 153 Å². The molecule has 6 amide bonds. The molecule has 4 aromatic carbocycles. The number of aliphatic hydroxyl groups is 6. The van der Waals surface area contributed by atoms with Gasteiger partial charge in [0.25, 0.3) is 0 Å². The maximum absolute atomic E-state index is 12.8. The van der Waals surface area contributed by atoms with Gasteiger partial charge in [0, 0.05) is 42.7 Å². The summed E-state index contributed by atoms with van der Waals surface area (Å²) in [6, 6.07) is 17.6. The summed E-state index contributed by atoms with van der Waals surface area (Å²) in [5.74, 6) is -3.02. The predicted molar refractivity (Wildman–Crippen MR) is 447 cm³/mol. The van der Waals surface area contributed by atoms with Gasteiger partial charge < -0.3 is 119 Å². The Bertz CT molecular complexity index is 5180. The number of rotatable bonds is 53. The summed E-state index contributed by atoms with van der Waals surface area (Å²) < 4.78 is 182. The fourth-order valence-corrected chi connectivity index (χ4v) is 14.4. The number of aromatic nitrogens is 9. The number of nitrogens with one attached hydrogen (secondary N) is 6. The van der Waals surface area contributed by atoms with Crippen LogP contribution in [-0.4, -0.2) is 322 Å². The van der Waals surface area contributed by atoms with Crippen molar-refractivity contribution in [3.8, 4) is 17.2 Å². The van der Waals surface area contributed by atoms with E-state index in [1.165, 1.54) is 108 Å². The third-order valence-electron chi connectivity index (χ3n) is 19.5. The summed E-state index contributed by atoms with van der Waals surface area (Å²) in [5.41, 5.74) is 12.9. The zero-order valence-electron chi connectivity index (χ0n) is 71.2. The third-order valence-corrected chi connectivity index (χ3v) is 20.8. The second-order valence-corrected chi connectivity index (χ2v) is 32.9. The largest absolute Gasteiger partial charge is 0.483 e. The number of carbonyl (C=O) groups excluding carboxylic acids is 6. The fraction of sp³-hybridized carbons (Fsp3) is 0.526. The number of hydrogen-bond acceptors (Lipinski definition) is 40. The quantitative estimate of drug-likeness (QED) is 0.00615. The van der Waals surface area contributed by atoms with Crippen LogP contribution >= 0.6 is 0 Å². The summed E-state index contributed by atoms with van der Waals surface area (Å²) in [4.78, 5) is 77.5. The number of aliphatic hydroxyl groups excluding tert-OH is 6. The van der Waals surface area contributed by atoms with Crippen molar-refractivity contribution < 1.29 is 168 Å². The van der Waals surface area contributed by atoms with E-state index >= 15 is 0 Å². The molecular formula is C76H100N18O36S3. The normalized spacial score (nSPS) is 22.1. The SMILES string of the molecule is CC(=O)N[C@@H]1[C@@H](O)[C@H](O)[C@@H](COS(=O)(=O)O)O[C@H]1c1ccc(NC(=O)COCCOCCn2cc(COc3cc(CN=[N+]=[N-])cc(OCc4cn(CCOCCOCC(=O)Nc5ccc([C@@H]6O[C@H](COS(=O)(=O)O)[C@@H](O)[C@H](O)[C@H]6NC(C)=O)cc5)nn4)c3OCc3cn(CCOCCOCC(=O)Nc4ccc([C@@H]5O[C@H](COS(=O)(=O)O)[C@@H](O)[C@H](O)[C@H]5NC(C)=O)cc4)nn3)nn2)cc1. The van der Waals surface area contributed by atoms with Gasteiger partial charge in [0.2, 0.25) is 41.2 Å². The van der Waals surface area contributed by atoms with Gasteiger partial charge in [-0.1, -0.05) is 57.2 Å². The number of nitrogens with zero attached hydrogens (tertiary/aromatic N) is 12. The van der Waals surface area contributed by atoms with Gasteiger partial charge in [-0.05, 0) is 76.3 Å². The molecule has 3 fully saturated rings. The van der Waals surface area contributed by atoms with Crippen molar-refractivity contribution in [3.63, 3.8) is 0 Å². The first kappa shape index (κ1) is 104. The lowest BCUT2D eigenvalue weighted by molar-refractivity contribution is -0.195. The molecule has 54 nitrogen and oxygen atoms in total. The topological polar surface area (TPSA) is 738 Å². The molecule has 7 aromatic rings. The molecule has 0 radical (unpaired) electrons. The number of azide groups is 1. The Labute approximate surface area is 757 Å². The van der Waals surface area contributed by atoms with E-state index < -0.39 is 178 Å². The van der Waals surface area contributed by atoms with Crippen molar-refractivity contribution in [1.29, 1.82) is 0 Å². The molecule has 0 unspecified atom stereocenters. The van der Waals surface area contributed by atoms with E-state index in [0.29, 0.717) is 56.4 Å². The van der Waals surface area contributed by atoms with Crippen LogP contribution in [0.5, 0.6) is 17.2 Å². The molecule has 0 aliphatic carbocycles. The van der Waals surface area contributed by atoms with Gasteiger partial charge in [-0.15, -0.1) is 15.3 Å². The summed E-state index contributed by atoms with van der Waals surface area (Å²) in [6.45, 7) is 0.430. The molecular weight excluding hydrogens is 1840 g/mol. The maximum atomic E-state index is 12.8. The van der Waals surface area contributed by atoms with Crippen LogP contribution in [0.1, 0.15) is 78.4 Å². The predicted octanol–water partition coefficient (Wildman–Crippen LogP) is -2.52. The van der Waals surface area contributed by atoms with Gasteiger partial charge in [0.05, 0.1) is 142 Å². The Balaban J connectivity index is 0.691. The van der Waals surface area contributed by atoms with Crippen LogP contribution < -0.4 is 46.1 Å². The lowest BCUT2D eigenvalue weighted by Crippen LogP contribution is -2.61. The van der Waals surface area contributed by atoms with Crippen LogP contribution in [0, 0.1) is 0 Å². The Morgan fingerprint density at radius 1 is 0.421 bits per heavy atom. The highest BCUT2D eigenvalue weighted by molar-refractivity contribution is 7.81. The lowest BCUT2D eigenvalue weighted by Gasteiger charge is -2.43. The molecule has 10 rings (SSSR count). The highest BCUT2D eigenvalue weighted by Gasteiger charge is 2.49. The summed E-state index contributed by atoms with van der Waals surface area (Å²) >= 11 is 0. The van der Waals surface area contributed by atoms with Crippen LogP contribution in [0.3, 0.4) is 0 Å². The van der Waals surface area contributed by atoms with Gasteiger partial charge in [-0.3, -0.25) is 42.4 Å². The molecule has 3 aliphatic heterocycles. The number of ether oxygens (including phenoxy) is 12. The summed E-state index contributed by atoms with van der Waals surface area (Å²) in [7, 11) is -14.8. The van der Waals surface area contributed by atoms with Crippen molar-refractivity contribution >= 4 is 83.7 Å². The minimum atomic E-state index is -4.94. The monoisotopic (exact) mass is 1940 g/mol. The summed E-state index contributed by atoms with van der Waals surface area (Å²) in [5, 5.41) is 109. The van der Waals surface area contributed by atoms with E-state index in [-0.39, 0.29) is 143 Å². The number of anilines is 3. The third kappa shape index (κ3) is 33.8. The Morgan fingerprint density at radius 3 is 0.985 bits per heavy atom. The second kappa shape index (κ2) is 50.2. The molecule has 6 heterocycles. The average Bonchev–Trinajstić information content (AvgIpc) is 1.56. The van der Waals surface area contributed by atoms with E-state index in [9.17, 15) is 90.2 Å². The van der Waals surface area contributed by atoms with E-state index in [0.717, 1.165) is 0 Å². The second-order valence-electron chi connectivity index (χ2n) is 29.6. The molecule has 15 atom stereocenters. The smallest absolute Gasteiger partial charge is 0.397 e. The molecule has 3 aromatic heterocycles. The molecule has 15 N–H and O–H groups in total. The number of hydrogen-bond donors (Lipinski definition) is 15. The Hall–Kier alpha value is -11.2. The Morgan fingerprint density at radius 2 is 0.707 bits per heavy atom. The van der Waals surface area contributed by atoms with Gasteiger partial charge in [0.1, 0.15) is 130 Å². The number of amides is 6. The standard InChI is InChI=1S/C76H100N18O36S3/c1-43(95)79-64-70(104)67(101)58(37-125-131(107,108)109)128-73(64)47-4-10-50(11-5-47)82-61(98)40-119-25-22-116-19-16-92-31-53(85-89-92)34-122-56-28-46(30-78-88-77)29-57(123-35-54-32-93(90-86-54)17-20-117-23-26-120-41-62(99)83-51-12-6-48(7-13-51)74-65(80-44(2)96)71(105)68(102)59(129-74)38-126-132(110,111)112)76(56)124-36-55-33-94(91-87-55)18-21-118-24-27-121-42-63(100)84-52-14-8-49(9-15-52)75-66(81-45(3)97)72(106)69(103)60(130-75)39-127-133(113,114)115/h4-15,28-29,31-33,58-60,64-75,101-106H,16-27,30,34-42H2,1-3H3,(H,79,95)(H,80,96)(H,81,97)(H,82,98)(H,83,99)(H,84,100)(H,107,108,109)(H,110,111,112)(H,113,114,115)/t58-,59-,60-,64-,65-,66-,67-,68-,69-,70-,71-,72-,73+,74+,75+/m1/s1. The van der Waals surface area contributed by atoms with Crippen molar-refractivity contribution in [1.82, 2.24) is 60.9 Å². The highest BCUT2D eigenvalue weighted by atomic mass is 32.3. The fourth-order valence-electron chi connectivity index (χ4n) is 13.5. The van der Waals surface area contributed by atoms with Crippen LogP contribution in [-0.2, 0) is 161 Å². The molecule has 0 bridgehead atoms. The van der Waals surface area contributed by atoms with Crippen LogP contribution in [0.2, 0.25) is 0 Å². The number of carbonyl (C=O) groups is 6. The molecule has 728 valence electrons. The molecule has 3 aliphatic rings. The minimum absolute atomic E-state index is 0.00993. The van der Waals surface area contributed by atoms with Gasteiger partial charge in [0.15, 0.2) is 11.5 Å². The van der Waals surface area contributed by atoms with Crippen LogP contribution in [0.4, 0.5) is 17.1 Å². The molecule has 57 heteroatoms. The van der Waals surface area contributed by atoms with Crippen molar-refractivity contribution in [2.75, 3.05) is 115 Å². The minimum Gasteiger partial charge on any atom is -0.483 e. The average molecular weight is 1940 g/mol. The first-order valence-corrected chi connectivity index (χ1v) is 44.6. The van der Waals surface area contributed by atoms with Crippen LogP contribution in [0.15, 0.2) is 109 Å². The zero-order chi connectivity index (χ0) is 95.9. The van der Waals surface area contributed by atoms with Gasteiger partial charge in [-0.25, -0.2) is 26.6 Å². The molecule has 0 saturated carbocycles. The van der Waals surface area contributed by atoms with E-state index in [4.69, 9.17) is 70.5 Å². The van der Waals surface area contributed by atoms with Crippen molar-refractivity contribution in [2.45, 2.75) is 158 Å². The lowest BCUT2D eigenvalue weighted by atomic mass is 9.89.